The number of alkyl halides is 1. The van der Waals surface area contributed by atoms with Gasteiger partial charge < -0.3 is 14.8 Å². The number of hydrogen-bond donors (Lipinski definition) is 1. The molecule has 0 saturated heterocycles. The van der Waals surface area contributed by atoms with Crippen molar-refractivity contribution in [3.05, 3.63) is 48.6 Å². The third-order valence-electron chi connectivity index (χ3n) is 3.27. The number of hydrogen-bond acceptors (Lipinski definition) is 4. The van der Waals surface area contributed by atoms with Crippen LogP contribution in [0.2, 0.25) is 0 Å². The first-order valence-electron chi connectivity index (χ1n) is 8.13. The van der Waals surface area contributed by atoms with Gasteiger partial charge in [-0.2, -0.15) is 0 Å². The number of halogens is 1. The lowest BCUT2D eigenvalue weighted by Gasteiger charge is -2.24. The number of alkyl carbamates (subject to hydrolysis) is 1. The molecule has 0 heterocycles. The minimum Gasteiger partial charge on any atom is -0.459 e. The smallest absolute Gasteiger partial charge is 0.408 e. The number of amides is 1. The monoisotopic (exact) mass is 367 g/mol. The van der Waals surface area contributed by atoms with Gasteiger partial charge in [0.05, 0.1) is 0 Å². The van der Waals surface area contributed by atoms with Crippen LogP contribution in [0.15, 0.2) is 43.0 Å². The van der Waals surface area contributed by atoms with Crippen LogP contribution in [-0.2, 0) is 20.9 Å². The molecule has 0 spiro atoms. The molecule has 0 radical (unpaired) electrons. The van der Waals surface area contributed by atoms with Crippen LogP contribution in [0.25, 0.3) is 0 Å². The summed E-state index contributed by atoms with van der Waals surface area (Å²) in [5.74, 6) is -0.375. The molecule has 1 amide bonds. The second-order valence-corrected chi connectivity index (χ2v) is 6.99. The topological polar surface area (TPSA) is 64.6 Å². The third-order valence-corrected chi connectivity index (χ3v) is 3.67. The Labute approximate surface area is 154 Å². The van der Waals surface area contributed by atoms with Crippen LogP contribution < -0.4 is 5.32 Å². The van der Waals surface area contributed by atoms with E-state index in [9.17, 15) is 9.59 Å². The second-order valence-electron chi connectivity index (χ2n) is 6.68. The molecule has 0 aliphatic carbocycles. The molecule has 25 heavy (non-hydrogen) atoms. The van der Waals surface area contributed by atoms with Crippen molar-refractivity contribution in [2.45, 2.75) is 45.4 Å². The maximum absolute atomic E-state index is 12.4. The van der Waals surface area contributed by atoms with E-state index in [1.165, 1.54) is 0 Å². The van der Waals surface area contributed by atoms with Crippen molar-refractivity contribution in [2.75, 3.05) is 5.88 Å². The van der Waals surface area contributed by atoms with E-state index in [2.05, 4.69) is 11.9 Å². The summed E-state index contributed by atoms with van der Waals surface area (Å²) in [4.78, 5) is 24.4. The summed E-state index contributed by atoms with van der Waals surface area (Å²) in [7, 11) is 0. The molecule has 1 N–H and O–H groups in total. The van der Waals surface area contributed by atoms with Gasteiger partial charge in [0.1, 0.15) is 18.2 Å². The van der Waals surface area contributed by atoms with Crippen LogP contribution in [0.5, 0.6) is 0 Å². The van der Waals surface area contributed by atoms with Gasteiger partial charge in [-0.1, -0.05) is 36.4 Å². The fourth-order valence-electron chi connectivity index (χ4n) is 2.02. The highest BCUT2D eigenvalue weighted by Crippen LogP contribution is 2.14. The highest BCUT2D eigenvalue weighted by molar-refractivity contribution is 6.18. The van der Waals surface area contributed by atoms with Crippen molar-refractivity contribution in [2.24, 2.45) is 5.92 Å². The number of ether oxygens (including phenoxy) is 2. The molecule has 2 atom stereocenters. The summed E-state index contributed by atoms with van der Waals surface area (Å²) in [6.07, 6.45) is 1.27. The van der Waals surface area contributed by atoms with Gasteiger partial charge in [-0.05, 0) is 38.7 Å². The summed E-state index contributed by atoms with van der Waals surface area (Å²) >= 11 is 5.87. The summed E-state index contributed by atoms with van der Waals surface area (Å²) in [6, 6.07) is 8.46. The van der Waals surface area contributed by atoms with E-state index in [-0.39, 0.29) is 12.5 Å². The van der Waals surface area contributed by atoms with E-state index < -0.39 is 23.7 Å². The predicted molar refractivity (Wildman–Crippen MR) is 98.4 cm³/mol. The molecule has 0 saturated carbocycles. The maximum atomic E-state index is 12.4. The fourth-order valence-corrected chi connectivity index (χ4v) is 2.27. The Kier molecular flexibility index (Phi) is 8.49. The first-order valence-corrected chi connectivity index (χ1v) is 8.67. The normalized spacial score (nSPS) is 13.4. The molecule has 0 bridgehead atoms. The van der Waals surface area contributed by atoms with Crippen molar-refractivity contribution in [3.63, 3.8) is 0 Å². The quantitative estimate of drug-likeness (QED) is 0.427. The zero-order valence-corrected chi connectivity index (χ0v) is 15.7. The zero-order valence-electron chi connectivity index (χ0n) is 15.0. The molecular formula is C19H26ClNO4. The second kappa shape index (κ2) is 10.1. The summed E-state index contributed by atoms with van der Waals surface area (Å²) in [5, 5.41) is 2.57. The van der Waals surface area contributed by atoms with E-state index in [4.69, 9.17) is 21.1 Å². The Morgan fingerprint density at radius 2 is 1.92 bits per heavy atom. The molecule has 5 nitrogen and oxygen atoms in total. The minimum atomic E-state index is -0.861. The molecule has 0 unspecified atom stereocenters. The first kappa shape index (κ1) is 21.0. The van der Waals surface area contributed by atoms with Crippen LogP contribution in [-0.4, -0.2) is 29.6 Å². The number of rotatable bonds is 8. The Morgan fingerprint density at radius 1 is 1.28 bits per heavy atom. The summed E-state index contributed by atoms with van der Waals surface area (Å²) in [5.41, 5.74) is 0.205. The van der Waals surface area contributed by atoms with Gasteiger partial charge in [0.2, 0.25) is 0 Å². The van der Waals surface area contributed by atoms with E-state index >= 15 is 0 Å². The van der Waals surface area contributed by atoms with Gasteiger partial charge in [0.15, 0.2) is 0 Å². The predicted octanol–water partition coefficient (Wildman–Crippen LogP) is 4.05. The fraction of sp³-hybridized carbons (Fsp3) is 0.474. The standard InChI is InChI=1S/C19H26ClNO4/c1-5-14(12-20)11-16(21-18(23)25-19(2,3)4)17(22)24-13-15-9-7-6-8-10-15/h5-10,14,16H,1,11-13H2,2-4H3,(H,21,23)/t14-,16+/m1/s1. The molecular weight excluding hydrogens is 342 g/mol. The molecule has 1 rings (SSSR count). The van der Waals surface area contributed by atoms with Crippen LogP contribution >= 0.6 is 11.6 Å². The van der Waals surface area contributed by atoms with E-state index in [0.717, 1.165) is 5.56 Å². The van der Waals surface area contributed by atoms with Crippen LogP contribution in [0.3, 0.4) is 0 Å². The number of carbonyl (C=O) groups excluding carboxylic acids is 2. The van der Waals surface area contributed by atoms with Gasteiger partial charge >= 0.3 is 12.1 Å². The first-order chi connectivity index (χ1) is 11.7. The van der Waals surface area contributed by atoms with Gasteiger partial charge in [-0.15, -0.1) is 18.2 Å². The zero-order chi connectivity index (χ0) is 18.9. The minimum absolute atomic E-state index is 0.131. The van der Waals surface area contributed by atoms with Gasteiger partial charge in [-0.3, -0.25) is 0 Å². The van der Waals surface area contributed by atoms with Gasteiger partial charge in [0, 0.05) is 5.88 Å². The van der Waals surface area contributed by atoms with Crippen molar-refractivity contribution in [1.29, 1.82) is 0 Å². The average Bonchev–Trinajstić information content (AvgIpc) is 2.55. The largest absolute Gasteiger partial charge is 0.459 e. The van der Waals surface area contributed by atoms with Crippen LogP contribution in [0, 0.1) is 5.92 Å². The van der Waals surface area contributed by atoms with Crippen molar-refractivity contribution < 1.29 is 19.1 Å². The lowest BCUT2D eigenvalue weighted by atomic mass is 10.0. The molecule has 1 aromatic carbocycles. The highest BCUT2D eigenvalue weighted by atomic mass is 35.5. The molecule has 0 aliphatic rings. The summed E-state index contributed by atoms with van der Waals surface area (Å²) < 4.78 is 10.5. The van der Waals surface area contributed by atoms with Crippen molar-refractivity contribution >= 4 is 23.7 Å². The highest BCUT2D eigenvalue weighted by Gasteiger charge is 2.27. The van der Waals surface area contributed by atoms with Crippen molar-refractivity contribution in [3.8, 4) is 0 Å². The maximum Gasteiger partial charge on any atom is 0.408 e. The van der Waals surface area contributed by atoms with E-state index in [1.54, 1.807) is 26.8 Å². The lowest BCUT2D eigenvalue weighted by Crippen LogP contribution is -2.45. The average molecular weight is 368 g/mol. The van der Waals surface area contributed by atoms with Crippen LogP contribution in [0.4, 0.5) is 4.79 Å². The number of allylic oxidation sites excluding steroid dienone is 1. The SMILES string of the molecule is C=C[C@@H](CCl)C[C@H](NC(=O)OC(C)(C)C)C(=O)OCc1ccccc1. The van der Waals surface area contributed by atoms with Gasteiger partial charge in [0.25, 0.3) is 0 Å². The Hall–Kier alpha value is -2.01. The number of carbonyl (C=O) groups is 2. The molecule has 0 fully saturated rings. The van der Waals surface area contributed by atoms with E-state index in [0.29, 0.717) is 12.3 Å². The lowest BCUT2D eigenvalue weighted by molar-refractivity contribution is -0.147. The number of benzene rings is 1. The Balaban J connectivity index is 2.72. The molecule has 138 valence electrons. The van der Waals surface area contributed by atoms with Crippen LogP contribution in [0.1, 0.15) is 32.8 Å². The Bertz CT molecular complexity index is 569. The Morgan fingerprint density at radius 3 is 2.44 bits per heavy atom. The third kappa shape index (κ3) is 8.59. The van der Waals surface area contributed by atoms with Gasteiger partial charge in [-0.25, -0.2) is 9.59 Å². The molecule has 6 heteroatoms. The number of esters is 1. The summed E-state index contributed by atoms with van der Waals surface area (Å²) in [6.45, 7) is 9.08. The molecule has 1 aromatic rings. The number of nitrogens with one attached hydrogen (secondary N) is 1. The molecule has 0 aliphatic heterocycles. The van der Waals surface area contributed by atoms with E-state index in [1.807, 2.05) is 30.3 Å². The molecule has 0 aromatic heterocycles. The van der Waals surface area contributed by atoms with Crippen molar-refractivity contribution in [1.82, 2.24) is 5.32 Å².